The van der Waals surface area contributed by atoms with Gasteiger partial charge in [0.1, 0.15) is 5.75 Å². The molecule has 0 saturated heterocycles. The van der Waals surface area contributed by atoms with Crippen LogP contribution in [0.3, 0.4) is 0 Å². The Labute approximate surface area is 147 Å². The molecule has 25 heavy (non-hydrogen) atoms. The highest BCUT2D eigenvalue weighted by Crippen LogP contribution is 2.34. The summed E-state index contributed by atoms with van der Waals surface area (Å²) in [5, 5.41) is 9.64. The van der Waals surface area contributed by atoms with Crippen molar-refractivity contribution >= 4 is 17.6 Å². The molecule has 5 nitrogen and oxygen atoms in total. The van der Waals surface area contributed by atoms with Crippen molar-refractivity contribution in [3.8, 4) is 17.2 Å². The van der Waals surface area contributed by atoms with E-state index in [1.165, 1.54) is 0 Å². The van der Waals surface area contributed by atoms with Crippen molar-refractivity contribution in [2.24, 2.45) is 0 Å². The smallest absolute Gasteiger partial charge is 0.336 e. The van der Waals surface area contributed by atoms with Gasteiger partial charge in [-0.1, -0.05) is 31.2 Å². The van der Waals surface area contributed by atoms with E-state index in [1.54, 1.807) is 62.8 Å². The summed E-state index contributed by atoms with van der Waals surface area (Å²) in [7, 11) is 3.12. The summed E-state index contributed by atoms with van der Waals surface area (Å²) in [5.41, 5.74) is 1.40. The van der Waals surface area contributed by atoms with Crippen LogP contribution in [0.25, 0.3) is 11.6 Å². The van der Waals surface area contributed by atoms with Crippen LogP contribution in [0.15, 0.2) is 42.5 Å². The van der Waals surface area contributed by atoms with Crippen LogP contribution in [0, 0.1) is 0 Å². The average molecular weight is 342 g/mol. The van der Waals surface area contributed by atoms with Crippen LogP contribution >= 0.6 is 0 Å². The van der Waals surface area contributed by atoms with Gasteiger partial charge < -0.3 is 19.3 Å². The molecule has 0 bridgehead atoms. The third kappa shape index (κ3) is 4.53. The number of methoxy groups -OCH3 is 2. The zero-order valence-corrected chi connectivity index (χ0v) is 14.6. The lowest BCUT2D eigenvalue weighted by Gasteiger charge is -2.13. The van der Waals surface area contributed by atoms with Gasteiger partial charge in [-0.15, -0.1) is 0 Å². The maximum Gasteiger partial charge on any atom is 0.336 e. The molecule has 0 heterocycles. The lowest BCUT2D eigenvalue weighted by atomic mass is 10.0. The lowest BCUT2D eigenvalue weighted by Crippen LogP contribution is -2.02. The van der Waals surface area contributed by atoms with E-state index >= 15 is 0 Å². The predicted octanol–water partition coefficient (Wildman–Crippen LogP) is 4.12. The van der Waals surface area contributed by atoms with E-state index in [-0.39, 0.29) is 5.57 Å². The van der Waals surface area contributed by atoms with Crippen LogP contribution in [0.5, 0.6) is 17.2 Å². The summed E-state index contributed by atoms with van der Waals surface area (Å²) >= 11 is 0. The fourth-order valence-corrected chi connectivity index (χ4v) is 2.36. The Bertz CT molecular complexity index is 747. The Balaban J connectivity index is 2.50. The van der Waals surface area contributed by atoms with Gasteiger partial charge in [0.15, 0.2) is 11.5 Å². The van der Waals surface area contributed by atoms with Gasteiger partial charge in [-0.2, -0.15) is 0 Å². The number of hydrogen-bond donors (Lipinski definition) is 1. The first-order valence-electron chi connectivity index (χ1n) is 8.00. The summed E-state index contributed by atoms with van der Waals surface area (Å²) < 4.78 is 16.2. The summed E-state index contributed by atoms with van der Waals surface area (Å²) in [6.07, 6.45) is 2.43. The molecule has 0 amide bonds. The second-order valence-corrected chi connectivity index (χ2v) is 5.32. The number of rotatable bonds is 8. The Morgan fingerprint density at radius 2 is 1.80 bits per heavy atom. The minimum absolute atomic E-state index is 0.164. The first kappa shape index (κ1) is 18.4. The first-order chi connectivity index (χ1) is 12.1. The van der Waals surface area contributed by atoms with Crippen LogP contribution in [0.1, 0.15) is 24.5 Å². The topological polar surface area (TPSA) is 65.0 Å². The molecule has 2 rings (SSSR count). The van der Waals surface area contributed by atoms with E-state index in [0.29, 0.717) is 35.0 Å². The van der Waals surface area contributed by atoms with Crippen molar-refractivity contribution in [1.29, 1.82) is 0 Å². The number of para-hydroxylation sites is 1. The number of hydrogen-bond acceptors (Lipinski definition) is 4. The number of carboxylic acids is 1. The van der Waals surface area contributed by atoms with E-state index in [4.69, 9.17) is 14.2 Å². The number of ether oxygens (including phenoxy) is 3. The highest BCUT2D eigenvalue weighted by molar-refractivity contribution is 6.20. The molecular weight excluding hydrogens is 320 g/mol. The summed E-state index contributed by atoms with van der Waals surface area (Å²) in [6, 6.07) is 12.3. The standard InChI is InChI=1S/C20H22O5/c1-4-12-25-19-15(6-5-7-18(19)24-3)13-17(20(21)22)14-8-10-16(23-2)11-9-14/h5-11,13H,4,12H2,1-3H3,(H,21,22)/b17-13-. The summed E-state index contributed by atoms with van der Waals surface area (Å²) in [6.45, 7) is 2.52. The third-order valence-electron chi connectivity index (χ3n) is 3.61. The zero-order chi connectivity index (χ0) is 18.2. The fourth-order valence-electron chi connectivity index (χ4n) is 2.36. The molecule has 0 saturated carbocycles. The van der Waals surface area contributed by atoms with Gasteiger partial charge in [-0.25, -0.2) is 4.79 Å². The number of carboxylic acid groups (broad SMARTS) is 1. The molecule has 0 aliphatic heterocycles. The fraction of sp³-hybridized carbons (Fsp3) is 0.250. The molecule has 2 aromatic carbocycles. The molecule has 0 aromatic heterocycles. The second kappa shape index (κ2) is 8.78. The van der Waals surface area contributed by atoms with E-state index in [9.17, 15) is 9.90 Å². The van der Waals surface area contributed by atoms with Crippen molar-refractivity contribution in [1.82, 2.24) is 0 Å². The monoisotopic (exact) mass is 342 g/mol. The molecule has 0 spiro atoms. The molecule has 0 aliphatic rings. The first-order valence-corrected chi connectivity index (χ1v) is 8.00. The minimum Gasteiger partial charge on any atom is -0.497 e. The van der Waals surface area contributed by atoms with Gasteiger partial charge in [0, 0.05) is 5.56 Å². The number of carbonyl (C=O) groups is 1. The number of aliphatic carboxylic acids is 1. The summed E-state index contributed by atoms with van der Waals surface area (Å²) in [5.74, 6) is 0.761. The summed E-state index contributed by atoms with van der Waals surface area (Å²) in [4.78, 5) is 11.8. The van der Waals surface area contributed by atoms with Crippen molar-refractivity contribution in [3.63, 3.8) is 0 Å². The van der Waals surface area contributed by atoms with Crippen LogP contribution in [-0.2, 0) is 4.79 Å². The van der Waals surface area contributed by atoms with Crippen molar-refractivity contribution in [3.05, 3.63) is 53.6 Å². The lowest BCUT2D eigenvalue weighted by molar-refractivity contribution is -0.130. The molecule has 132 valence electrons. The normalized spacial score (nSPS) is 11.1. The van der Waals surface area contributed by atoms with Crippen LogP contribution < -0.4 is 14.2 Å². The number of benzene rings is 2. The molecule has 5 heteroatoms. The van der Waals surface area contributed by atoms with Gasteiger partial charge in [0.05, 0.1) is 26.4 Å². The Morgan fingerprint density at radius 3 is 2.36 bits per heavy atom. The largest absolute Gasteiger partial charge is 0.497 e. The van der Waals surface area contributed by atoms with Crippen molar-refractivity contribution in [2.75, 3.05) is 20.8 Å². The molecule has 0 atom stereocenters. The zero-order valence-electron chi connectivity index (χ0n) is 14.6. The molecule has 0 radical (unpaired) electrons. The van der Waals surface area contributed by atoms with Gasteiger partial charge >= 0.3 is 5.97 Å². The van der Waals surface area contributed by atoms with E-state index in [2.05, 4.69) is 0 Å². The maximum absolute atomic E-state index is 11.8. The quantitative estimate of drug-likeness (QED) is 0.577. The van der Waals surface area contributed by atoms with E-state index < -0.39 is 5.97 Å². The highest BCUT2D eigenvalue weighted by atomic mass is 16.5. The minimum atomic E-state index is -1.02. The third-order valence-corrected chi connectivity index (χ3v) is 3.61. The van der Waals surface area contributed by atoms with Crippen LogP contribution in [0.2, 0.25) is 0 Å². The van der Waals surface area contributed by atoms with Gasteiger partial charge in [-0.05, 0) is 36.3 Å². The molecule has 0 fully saturated rings. The molecule has 0 aliphatic carbocycles. The van der Waals surface area contributed by atoms with Crippen LogP contribution in [-0.4, -0.2) is 31.9 Å². The van der Waals surface area contributed by atoms with Crippen molar-refractivity contribution in [2.45, 2.75) is 13.3 Å². The average Bonchev–Trinajstić information content (AvgIpc) is 2.64. The van der Waals surface area contributed by atoms with Crippen LogP contribution in [0.4, 0.5) is 0 Å². The molecule has 1 N–H and O–H groups in total. The van der Waals surface area contributed by atoms with E-state index in [0.717, 1.165) is 6.42 Å². The second-order valence-electron chi connectivity index (χ2n) is 5.32. The van der Waals surface area contributed by atoms with Crippen molar-refractivity contribution < 1.29 is 24.1 Å². The molecule has 0 unspecified atom stereocenters. The van der Waals surface area contributed by atoms with Gasteiger partial charge in [0.2, 0.25) is 0 Å². The molecular formula is C20H22O5. The van der Waals surface area contributed by atoms with Gasteiger partial charge in [-0.3, -0.25) is 0 Å². The Morgan fingerprint density at radius 1 is 1.08 bits per heavy atom. The van der Waals surface area contributed by atoms with Gasteiger partial charge in [0.25, 0.3) is 0 Å². The predicted molar refractivity (Wildman–Crippen MR) is 97.3 cm³/mol. The SMILES string of the molecule is CCCOc1c(/C=C(\C(=O)O)c2ccc(OC)cc2)cccc1OC. The maximum atomic E-state index is 11.8. The Hall–Kier alpha value is -2.95. The molecule has 2 aromatic rings. The highest BCUT2D eigenvalue weighted by Gasteiger charge is 2.15. The Kier molecular flexibility index (Phi) is 6.46. The van der Waals surface area contributed by atoms with E-state index in [1.807, 2.05) is 6.92 Å².